The summed E-state index contributed by atoms with van der Waals surface area (Å²) in [5, 5.41) is 11.1. The van der Waals surface area contributed by atoms with Crippen molar-refractivity contribution in [1.82, 2.24) is 9.80 Å². The van der Waals surface area contributed by atoms with E-state index in [0.717, 1.165) is 11.1 Å². The molecule has 0 aliphatic carbocycles. The third-order valence-electron chi connectivity index (χ3n) is 5.92. The molecule has 0 radical (unpaired) electrons. The maximum absolute atomic E-state index is 13.3. The van der Waals surface area contributed by atoms with Gasteiger partial charge in [-0.3, -0.25) is 19.7 Å². The topological polar surface area (TPSA) is 102 Å². The second-order valence-corrected chi connectivity index (χ2v) is 7.95. The number of methoxy groups -OCH3 is 2. The maximum atomic E-state index is 13.3. The summed E-state index contributed by atoms with van der Waals surface area (Å²) in [5.41, 5.74) is 2.12. The van der Waals surface area contributed by atoms with Crippen molar-refractivity contribution in [2.24, 2.45) is 0 Å². The molecule has 1 unspecified atom stereocenters. The Morgan fingerprint density at radius 2 is 1.88 bits per heavy atom. The summed E-state index contributed by atoms with van der Waals surface area (Å²) in [6, 6.07) is 9.23. The van der Waals surface area contributed by atoms with Crippen LogP contribution >= 0.6 is 0 Å². The van der Waals surface area contributed by atoms with E-state index in [4.69, 9.17) is 9.47 Å². The van der Waals surface area contributed by atoms with Crippen LogP contribution in [0.25, 0.3) is 0 Å². The van der Waals surface area contributed by atoms with Crippen LogP contribution in [0.4, 0.5) is 5.69 Å². The first-order valence-corrected chi connectivity index (χ1v) is 10.9. The summed E-state index contributed by atoms with van der Waals surface area (Å²) < 4.78 is 10.8. The molecule has 1 atom stereocenters. The highest BCUT2D eigenvalue weighted by atomic mass is 16.6. The molecule has 1 aliphatic rings. The van der Waals surface area contributed by atoms with E-state index in [1.807, 2.05) is 26.0 Å². The zero-order valence-electron chi connectivity index (χ0n) is 19.4. The molecule has 3 rings (SSSR count). The number of amides is 2. The number of fused-ring (bicyclic) bond motifs is 1. The Morgan fingerprint density at radius 1 is 1.18 bits per heavy atom. The van der Waals surface area contributed by atoms with E-state index in [0.29, 0.717) is 37.4 Å². The lowest BCUT2D eigenvalue weighted by molar-refractivity contribution is -0.384. The Bertz CT molecular complexity index is 1050. The molecule has 9 nitrogen and oxygen atoms in total. The molecule has 33 heavy (non-hydrogen) atoms. The standard InChI is InChI=1S/C24H29N3O6/c1-5-10-25(24(29)18-7-6-8-19(12-18)27(30)31)15-23(28)26-11-9-17-13-21(32-3)22(33-4)14-20(17)16(26)2/h6-8,12-14,16H,5,9-11,15H2,1-4H3. The quantitative estimate of drug-likeness (QED) is 0.445. The average Bonchev–Trinajstić information content (AvgIpc) is 2.82. The van der Waals surface area contributed by atoms with Crippen LogP contribution in [0, 0.1) is 10.1 Å². The zero-order valence-corrected chi connectivity index (χ0v) is 19.4. The van der Waals surface area contributed by atoms with Crippen LogP contribution in [0.15, 0.2) is 36.4 Å². The average molecular weight is 456 g/mol. The highest BCUT2D eigenvalue weighted by Gasteiger charge is 2.31. The lowest BCUT2D eigenvalue weighted by Gasteiger charge is -2.37. The van der Waals surface area contributed by atoms with Crippen molar-refractivity contribution in [3.05, 3.63) is 63.2 Å². The second-order valence-electron chi connectivity index (χ2n) is 7.95. The zero-order chi connectivity index (χ0) is 24.1. The molecule has 2 aromatic rings. The Labute approximate surface area is 193 Å². The van der Waals surface area contributed by atoms with Gasteiger partial charge in [0.1, 0.15) is 6.54 Å². The van der Waals surface area contributed by atoms with Gasteiger partial charge in [-0.15, -0.1) is 0 Å². The lowest BCUT2D eigenvalue weighted by Crippen LogP contribution is -2.46. The molecular formula is C24H29N3O6. The highest BCUT2D eigenvalue weighted by Crippen LogP contribution is 2.38. The first-order valence-electron chi connectivity index (χ1n) is 10.9. The van der Waals surface area contributed by atoms with Gasteiger partial charge in [-0.2, -0.15) is 0 Å². The minimum Gasteiger partial charge on any atom is -0.493 e. The largest absolute Gasteiger partial charge is 0.493 e. The monoisotopic (exact) mass is 455 g/mol. The summed E-state index contributed by atoms with van der Waals surface area (Å²) in [6.07, 6.45) is 1.32. The summed E-state index contributed by atoms with van der Waals surface area (Å²) in [7, 11) is 3.16. The van der Waals surface area contributed by atoms with Crippen molar-refractivity contribution in [3.63, 3.8) is 0 Å². The van der Waals surface area contributed by atoms with Crippen LogP contribution in [-0.4, -0.2) is 60.4 Å². The number of rotatable bonds is 8. The molecule has 1 aliphatic heterocycles. The van der Waals surface area contributed by atoms with Crippen molar-refractivity contribution >= 4 is 17.5 Å². The van der Waals surface area contributed by atoms with Gasteiger partial charge in [0.15, 0.2) is 11.5 Å². The van der Waals surface area contributed by atoms with Gasteiger partial charge in [0, 0.05) is 30.8 Å². The van der Waals surface area contributed by atoms with Gasteiger partial charge in [-0.1, -0.05) is 13.0 Å². The minimum absolute atomic E-state index is 0.0949. The van der Waals surface area contributed by atoms with Gasteiger partial charge < -0.3 is 19.3 Å². The van der Waals surface area contributed by atoms with Gasteiger partial charge in [0.2, 0.25) is 5.91 Å². The number of non-ortho nitro benzene ring substituents is 1. The molecule has 0 saturated heterocycles. The summed E-state index contributed by atoms with van der Waals surface area (Å²) in [6.45, 7) is 4.67. The number of nitrogens with zero attached hydrogens (tertiary/aromatic N) is 3. The van der Waals surface area contributed by atoms with E-state index >= 15 is 0 Å². The second kappa shape index (κ2) is 10.3. The summed E-state index contributed by atoms with van der Waals surface area (Å²) >= 11 is 0. The van der Waals surface area contributed by atoms with Crippen molar-refractivity contribution < 1.29 is 24.0 Å². The Balaban J connectivity index is 1.80. The van der Waals surface area contributed by atoms with E-state index in [2.05, 4.69) is 0 Å². The van der Waals surface area contributed by atoms with E-state index < -0.39 is 10.8 Å². The SMILES string of the molecule is CCCN(CC(=O)N1CCc2cc(OC)c(OC)cc2C1C)C(=O)c1cccc([N+](=O)[O-])c1. The molecule has 0 N–H and O–H groups in total. The van der Waals surface area contributed by atoms with Crippen molar-refractivity contribution in [2.75, 3.05) is 33.9 Å². The van der Waals surface area contributed by atoms with E-state index in [-0.39, 0.29) is 29.7 Å². The number of ether oxygens (including phenoxy) is 2. The first kappa shape index (κ1) is 24.0. The predicted molar refractivity (Wildman–Crippen MR) is 123 cm³/mol. The Hall–Kier alpha value is -3.62. The fraction of sp³-hybridized carbons (Fsp3) is 0.417. The van der Waals surface area contributed by atoms with E-state index in [1.165, 1.54) is 29.2 Å². The third kappa shape index (κ3) is 5.08. The molecule has 1 heterocycles. The van der Waals surface area contributed by atoms with Gasteiger partial charge in [-0.25, -0.2) is 0 Å². The molecule has 0 aromatic heterocycles. The summed E-state index contributed by atoms with van der Waals surface area (Å²) in [4.78, 5) is 40.1. The number of nitro groups is 1. The number of carbonyl (C=O) groups excluding carboxylic acids is 2. The van der Waals surface area contributed by atoms with Gasteiger partial charge >= 0.3 is 0 Å². The molecule has 0 spiro atoms. The van der Waals surface area contributed by atoms with Crippen LogP contribution in [-0.2, 0) is 11.2 Å². The van der Waals surface area contributed by atoms with Crippen LogP contribution < -0.4 is 9.47 Å². The summed E-state index contributed by atoms with van der Waals surface area (Å²) in [5.74, 6) is 0.686. The smallest absolute Gasteiger partial charge is 0.270 e. The van der Waals surface area contributed by atoms with Crippen LogP contribution in [0.3, 0.4) is 0 Å². The lowest BCUT2D eigenvalue weighted by atomic mass is 9.92. The fourth-order valence-corrected chi connectivity index (χ4v) is 4.20. The number of hydrogen-bond donors (Lipinski definition) is 0. The molecule has 176 valence electrons. The predicted octanol–water partition coefficient (Wildman–Crippen LogP) is 3.61. The van der Waals surface area contributed by atoms with E-state index in [1.54, 1.807) is 19.1 Å². The molecular weight excluding hydrogens is 426 g/mol. The molecule has 0 saturated carbocycles. The molecule has 0 fully saturated rings. The van der Waals surface area contributed by atoms with Gasteiger partial charge in [0.25, 0.3) is 11.6 Å². The molecule has 0 bridgehead atoms. The Morgan fingerprint density at radius 3 is 2.52 bits per heavy atom. The van der Waals surface area contributed by atoms with Crippen molar-refractivity contribution in [1.29, 1.82) is 0 Å². The number of carbonyl (C=O) groups is 2. The van der Waals surface area contributed by atoms with Crippen molar-refractivity contribution in [3.8, 4) is 11.5 Å². The molecule has 2 aromatic carbocycles. The first-order chi connectivity index (χ1) is 15.8. The molecule has 2 amide bonds. The fourth-order valence-electron chi connectivity index (χ4n) is 4.20. The van der Waals surface area contributed by atoms with Crippen LogP contribution in [0.2, 0.25) is 0 Å². The van der Waals surface area contributed by atoms with Gasteiger partial charge in [-0.05, 0) is 49.1 Å². The number of nitro benzene ring substituents is 1. The Kier molecular flexibility index (Phi) is 7.52. The third-order valence-corrected chi connectivity index (χ3v) is 5.92. The number of hydrogen-bond acceptors (Lipinski definition) is 6. The number of benzene rings is 2. The van der Waals surface area contributed by atoms with E-state index in [9.17, 15) is 19.7 Å². The van der Waals surface area contributed by atoms with Crippen LogP contribution in [0.5, 0.6) is 11.5 Å². The highest BCUT2D eigenvalue weighted by molar-refractivity contribution is 5.97. The minimum atomic E-state index is -0.539. The van der Waals surface area contributed by atoms with Crippen molar-refractivity contribution in [2.45, 2.75) is 32.7 Å². The van der Waals surface area contributed by atoms with Crippen LogP contribution in [0.1, 0.15) is 47.8 Å². The van der Waals surface area contributed by atoms with Gasteiger partial charge in [0.05, 0.1) is 25.2 Å². The maximum Gasteiger partial charge on any atom is 0.270 e. The normalized spacial score (nSPS) is 14.9. The molecule has 9 heteroatoms.